The molecule has 0 bridgehead atoms. The van der Waals surface area contributed by atoms with E-state index in [1.807, 2.05) is 0 Å². The van der Waals surface area contributed by atoms with Crippen LogP contribution in [0.1, 0.15) is 21.8 Å². The van der Waals surface area contributed by atoms with E-state index < -0.39 is 17.6 Å². The van der Waals surface area contributed by atoms with Crippen LogP contribution in [0.2, 0.25) is 0 Å². The minimum absolute atomic E-state index is 0.0462. The van der Waals surface area contributed by atoms with Crippen molar-refractivity contribution in [2.75, 3.05) is 5.73 Å². The molecule has 0 aliphatic rings. The zero-order chi connectivity index (χ0) is 18.0. The zero-order valence-corrected chi connectivity index (χ0v) is 12.6. The molecule has 130 valence electrons. The van der Waals surface area contributed by atoms with Gasteiger partial charge in [-0.3, -0.25) is 4.79 Å². The van der Waals surface area contributed by atoms with Gasteiger partial charge in [-0.2, -0.15) is 17.9 Å². The van der Waals surface area contributed by atoms with Crippen LogP contribution in [0.4, 0.5) is 19.0 Å². The normalized spacial score (nSPS) is 11.5. The smallest absolute Gasteiger partial charge is 0.416 e. The van der Waals surface area contributed by atoms with Crippen LogP contribution in [0.25, 0.3) is 5.69 Å². The minimum atomic E-state index is -4.51. The lowest BCUT2D eigenvalue weighted by Crippen LogP contribution is -2.24. The largest absolute Gasteiger partial charge is 0.467 e. The van der Waals surface area contributed by atoms with E-state index in [0.717, 1.165) is 16.8 Å². The van der Waals surface area contributed by atoms with Crippen LogP contribution in [-0.4, -0.2) is 20.9 Å². The molecule has 10 heteroatoms. The third-order valence-electron chi connectivity index (χ3n) is 3.34. The average molecular weight is 351 g/mol. The number of nitrogens with zero attached hydrogens (tertiary/aromatic N) is 3. The summed E-state index contributed by atoms with van der Waals surface area (Å²) in [5, 5.41) is 9.85. The van der Waals surface area contributed by atoms with Gasteiger partial charge in [0.15, 0.2) is 11.5 Å². The number of benzene rings is 1. The molecule has 0 aliphatic heterocycles. The van der Waals surface area contributed by atoms with Crippen molar-refractivity contribution in [3.05, 3.63) is 59.7 Å². The Morgan fingerprint density at radius 1 is 1.28 bits per heavy atom. The molecule has 1 aromatic carbocycles. The summed E-state index contributed by atoms with van der Waals surface area (Å²) in [6, 6.07) is 7.73. The van der Waals surface area contributed by atoms with E-state index >= 15 is 0 Å². The average Bonchev–Trinajstić information content (AvgIpc) is 3.21. The SMILES string of the molecule is Nc1c(C(=O)NCc2ccco2)nnn1-c1cccc(C(F)(F)F)c1. The van der Waals surface area contributed by atoms with Crippen LogP contribution in [0.15, 0.2) is 47.1 Å². The fraction of sp³-hybridized carbons (Fsp3) is 0.133. The van der Waals surface area contributed by atoms with Gasteiger partial charge in [-0.25, -0.2) is 0 Å². The van der Waals surface area contributed by atoms with Crippen LogP contribution in [0.3, 0.4) is 0 Å². The maximum absolute atomic E-state index is 12.8. The Labute approximate surface area is 139 Å². The predicted molar refractivity (Wildman–Crippen MR) is 80.7 cm³/mol. The number of furan rings is 1. The van der Waals surface area contributed by atoms with Crippen molar-refractivity contribution in [1.29, 1.82) is 0 Å². The van der Waals surface area contributed by atoms with Gasteiger partial charge in [0.2, 0.25) is 0 Å². The molecule has 0 radical (unpaired) electrons. The van der Waals surface area contributed by atoms with Crippen molar-refractivity contribution in [3.63, 3.8) is 0 Å². The highest BCUT2D eigenvalue weighted by molar-refractivity contribution is 5.96. The standard InChI is InChI=1S/C15H12F3N5O2/c16-15(17,18)9-3-1-4-10(7-9)23-13(19)12(21-22-23)14(24)20-8-11-5-2-6-25-11/h1-7H,8,19H2,(H,20,24). The van der Waals surface area contributed by atoms with E-state index in [4.69, 9.17) is 10.2 Å². The number of aromatic nitrogens is 3. The van der Waals surface area contributed by atoms with Crippen molar-refractivity contribution in [2.45, 2.75) is 12.7 Å². The first-order valence-corrected chi connectivity index (χ1v) is 7.05. The van der Waals surface area contributed by atoms with Gasteiger partial charge in [-0.05, 0) is 30.3 Å². The highest BCUT2D eigenvalue weighted by Crippen LogP contribution is 2.30. The zero-order valence-electron chi connectivity index (χ0n) is 12.6. The second kappa shape index (κ2) is 6.30. The molecule has 3 aromatic rings. The van der Waals surface area contributed by atoms with Gasteiger partial charge in [0.1, 0.15) is 5.76 Å². The number of amides is 1. The molecule has 3 rings (SSSR count). The molecule has 0 fully saturated rings. The van der Waals surface area contributed by atoms with Gasteiger partial charge in [0.25, 0.3) is 5.91 Å². The lowest BCUT2D eigenvalue weighted by molar-refractivity contribution is -0.137. The summed E-state index contributed by atoms with van der Waals surface area (Å²) in [5.74, 6) is -0.263. The molecule has 25 heavy (non-hydrogen) atoms. The fourth-order valence-electron chi connectivity index (χ4n) is 2.12. The summed E-state index contributed by atoms with van der Waals surface area (Å²) < 4.78 is 44.5. The Morgan fingerprint density at radius 2 is 2.08 bits per heavy atom. The molecule has 3 N–H and O–H groups in total. The first-order chi connectivity index (χ1) is 11.9. The highest BCUT2D eigenvalue weighted by Gasteiger charge is 2.31. The maximum Gasteiger partial charge on any atom is 0.416 e. The number of halogens is 3. The van der Waals surface area contributed by atoms with E-state index in [1.165, 1.54) is 18.4 Å². The molecule has 0 saturated carbocycles. The van der Waals surface area contributed by atoms with E-state index in [0.29, 0.717) is 5.76 Å². The Bertz CT molecular complexity index is 887. The third-order valence-corrected chi connectivity index (χ3v) is 3.34. The number of hydrogen-bond acceptors (Lipinski definition) is 5. The number of nitrogens with two attached hydrogens (primary N) is 1. The lowest BCUT2D eigenvalue weighted by Gasteiger charge is -2.09. The monoisotopic (exact) mass is 351 g/mol. The van der Waals surface area contributed by atoms with Crippen LogP contribution >= 0.6 is 0 Å². The molecule has 0 unspecified atom stereocenters. The van der Waals surface area contributed by atoms with Gasteiger partial charge in [0.05, 0.1) is 24.1 Å². The predicted octanol–water partition coefficient (Wildman–Crippen LogP) is 2.39. The molecular weight excluding hydrogens is 339 g/mol. The van der Waals surface area contributed by atoms with E-state index in [1.54, 1.807) is 12.1 Å². The molecule has 7 nitrogen and oxygen atoms in total. The topological polar surface area (TPSA) is 99.0 Å². The van der Waals surface area contributed by atoms with Crippen molar-refractivity contribution < 1.29 is 22.4 Å². The van der Waals surface area contributed by atoms with E-state index in [-0.39, 0.29) is 23.7 Å². The van der Waals surface area contributed by atoms with Gasteiger partial charge < -0.3 is 15.5 Å². The number of alkyl halides is 3. The van der Waals surface area contributed by atoms with Crippen molar-refractivity contribution in [2.24, 2.45) is 0 Å². The number of carbonyl (C=O) groups excluding carboxylic acids is 1. The van der Waals surface area contributed by atoms with Crippen LogP contribution < -0.4 is 11.1 Å². The summed E-state index contributed by atoms with van der Waals surface area (Å²) in [6.45, 7) is 0.113. The number of carbonyl (C=O) groups is 1. The van der Waals surface area contributed by atoms with Gasteiger partial charge in [0, 0.05) is 0 Å². The van der Waals surface area contributed by atoms with Crippen molar-refractivity contribution in [3.8, 4) is 5.69 Å². The maximum atomic E-state index is 12.8. The number of hydrogen-bond donors (Lipinski definition) is 2. The highest BCUT2D eigenvalue weighted by atomic mass is 19.4. The molecular formula is C15H12F3N5O2. The number of anilines is 1. The Hall–Kier alpha value is -3.30. The van der Waals surface area contributed by atoms with Crippen LogP contribution in [0, 0.1) is 0 Å². The fourth-order valence-corrected chi connectivity index (χ4v) is 2.12. The molecule has 0 aliphatic carbocycles. The van der Waals surface area contributed by atoms with E-state index in [2.05, 4.69) is 15.6 Å². The summed E-state index contributed by atoms with van der Waals surface area (Å²) in [7, 11) is 0. The molecule has 0 atom stereocenters. The second-order valence-corrected chi connectivity index (χ2v) is 5.05. The van der Waals surface area contributed by atoms with Crippen LogP contribution in [0.5, 0.6) is 0 Å². The molecule has 2 heterocycles. The lowest BCUT2D eigenvalue weighted by atomic mass is 10.2. The molecule has 1 amide bonds. The number of nitrogens with one attached hydrogen (secondary N) is 1. The second-order valence-electron chi connectivity index (χ2n) is 5.05. The van der Waals surface area contributed by atoms with Gasteiger partial charge in [-0.15, -0.1) is 5.10 Å². The van der Waals surface area contributed by atoms with Crippen molar-refractivity contribution in [1.82, 2.24) is 20.3 Å². The molecule has 0 saturated heterocycles. The Balaban J connectivity index is 1.82. The van der Waals surface area contributed by atoms with Crippen LogP contribution in [-0.2, 0) is 12.7 Å². The van der Waals surface area contributed by atoms with Gasteiger partial charge in [-0.1, -0.05) is 11.3 Å². The quantitative estimate of drug-likeness (QED) is 0.752. The number of rotatable bonds is 4. The minimum Gasteiger partial charge on any atom is -0.467 e. The molecule has 2 aromatic heterocycles. The number of nitrogen functional groups attached to an aromatic ring is 1. The Kier molecular flexibility index (Phi) is 4.17. The molecule has 0 spiro atoms. The summed E-state index contributed by atoms with van der Waals surface area (Å²) in [5.41, 5.74) is 4.81. The summed E-state index contributed by atoms with van der Waals surface area (Å²) in [6.07, 6.45) is -3.05. The first-order valence-electron chi connectivity index (χ1n) is 7.05. The Morgan fingerprint density at radius 3 is 2.76 bits per heavy atom. The van der Waals surface area contributed by atoms with Gasteiger partial charge >= 0.3 is 6.18 Å². The van der Waals surface area contributed by atoms with E-state index in [9.17, 15) is 18.0 Å². The summed E-state index contributed by atoms with van der Waals surface area (Å²) in [4.78, 5) is 12.1. The third kappa shape index (κ3) is 3.47. The summed E-state index contributed by atoms with van der Waals surface area (Å²) >= 11 is 0. The van der Waals surface area contributed by atoms with Crippen molar-refractivity contribution >= 4 is 11.7 Å². The first kappa shape index (κ1) is 16.6.